The van der Waals surface area contributed by atoms with Crippen LogP contribution < -0.4 is 10.2 Å². The Morgan fingerprint density at radius 1 is 1.28 bits per heavy atom. The number of anilines is 1. The number of ether oxygens (including phenoxy) is 1. The Bertz CT molecular complexity index is 871. The molecule has 0 bridgehead atoms. The van der Waals surface area contributed by atoms with Gasteiger partial charge < -0.3 is 24.4 Å². The molecule has 32 heavy (non-hydrogen) atoms. The molecule has 2 aliphatic rings. The van der Waals surface area contributed by atoms with Crippen LogP contribution in [0.2, 0.25) is 0 Å². The van der Waals surface area contributed by atoms with Crippen LogP contribution in [0.3, 0.4) is 0 Å². The van der Waals surface area contributed by atoms with Gasteiger partial charge in [0.05, 0.1) is 37.8 Å². The molecule has 0 spiro atoms. The Hall–Kier alpha value is -1.88. The molecule has 2 atom stereocenters. The maximum atomic E-state index is 14.7. The smallest absolute Gasteiger partial charge is 0.194 e. The first-order chi connectivity index (χ1) is 15.2. The molecular weight excluding hydrogens is 522 g/mol. The molecule has 7 nitrogen and oxygen atoms in total. The number of imidazole rings is 1. The van der Waals surface area contributed by atoms with E-state index in [1.54, 1.807) is 6.07 Å². The van der Waals surface area contributed by atoms with Crippen molar-refractivity contribution in [1.29, 1.82) is 0 Å². The second kappa shape index (κ2) is 11.8. The van der Waals surface area contributed by atoms with Crippen LogP contribution in [0, 0.1) is 11.7 Å². The summed E-state index contributed by atoms with van der Waals surface area (Å²) in [5, 5.41) is 3.42. The molecule has 2 fully saturated rings. The summed E-state index contributed by atoms with van der Waals surface area (Å²) >= 11 is 0. The average molecular weight is 556 g/mol. The summed E-state index contributed by atoms with van der Waals surface area (Å²) in [5.41, 5.74) is 1.53. The molecule has 2 unspecified atom stereocenters. The van der Waals surface area contributed by atoms with Gasteiger partial charge in [0.2, 0.25) is 0 Å². The third kappa shape index (κ3) is 5.92. The van der Waals surface area contributed by atoms with E-state index in [9.17, 15) is 4.39 Å². The van der Waals surface area contributed by atoms with Crippen LogP contribution in [0.4, 0.5) is 10.1 Å². The van der Waals surface area contributed by atoms with Gasteiger partial charge >= 0.3 is 0 Å². The van der Waals surface area contributed by atoms with E-state index in [1.807, 2.05) is 35.8 Å². The predicted molar refractivity (Wildman–Crippen MR) is 136 cm³/mol. The van der Waals surface area contributed by atoms with Gasteiger partial charge in [-0.3, -0.25) is 0 Å². The lowest BCUT2D eigenvalue weighted by molar-refractivity contribution is 0.122. The van der Waals surface area contributed by atoms with Gasteiger partial charge in [-0.05, 0) is 37.0 Å². The van der Waals surface area contributed by atoms with Crippen molar-refractivity contribution in [3.63, 3.8) is 0 Å². The van der Waals surface area contributed by atoms with Crippen molar-refractivity contribution < 1.29 is 9.13 Å². The van der Waals surface area contributed by atoms with E-state index in [2.05, 4.69) is 33.6 Å². The highest BCUT2D eigenvalue weighted by molar-refractivity contribution is 14.0. The zero-order valence-corrected chi connectivity index (χ0v) is 21.2. The minimum absolute atomic E-state index is 0. The minimum atomic E-state index is -0.188. The first kappa shape index (κ1) is 24.8. The number of nitrogens with one attached hydrogen (secondary N) is 1. The molecule has 0 aliphatic carbocycles. The van der Waals surface area contributed by atoms with E-state index < -0.39 is 0 Å². The third-order valence-corrected chi connectivity index (χ3v) is 6.24. The summed E-state index contributed by atoms with van der Waals surface area (Å²) in [6.07, 6.45) is 6.86. The monoisotopic (exact) mass is 556 g/mol. The Kier molecular flexibility index (Phi) is 9.15. The quantitative estimate of drug-likeness (QED) is 0.347. The number of benzene rings is 1. The highest BCUT2D eigenvalue weighted by atomic mass is 127. The predicted octanol–water partition coefficient (Wildman–Crippen LogP) is 3.53. The molecule has 176 valence electrons. The first-order valence-electron chi connectivity index (χ1n) is 11.3. The zero-order valence-electron chi connectivity index (χ0n) is 18.9. The van der Waals surface area contributed by atoms with Crippen LogP contribution in [0.5, 0.6) is 0 Å². The van der Waals surface area contributed by atoms with Gasteiger partial charge in [0.15, 0.2) is 5.96 Å². The number of morpholine rings is 1. The molecule has 1 N–H and O–H groups in total. The summed E-state index contributed by atoms with van der Waals surface area (Å²) in [6, 6.07) is 5.83. The van der Waals surface area contributed by atoms with E-state index >= 15 is 0 Å². The number of rotatable bonds is 5. The van der Waals surface area contributed by atoms with Crippen molar-refractivity contribution in [3.05, 3.63) is 48.3 Å². The number of aromatic nitrogens is 2. The lowest BCUT2D eigenvalue weighted by Gasteiger charge is -2.39. The van der Waals surface area contributed by atoms with Gasteiger partial charge in [-0.2, -0.15) is 0 Å². The maximum Gasteiger partial charge on any atom is 0.194 e. The molecule has 0 radical (unpaired) electrons. The maximum absolute atomic E-state index is 14.7. The summed E-state index contributed by atoms with van der Waals surface area (Å²) < 4.78 is 22.3. The molecule has 3 heterocycles. The standard InChI is InChI=1S/C23H33FN6O.HI/c1-3-26-23(29-8-6-18(2)22(16-29)30-9-7-25-17-30)27-15-19-4-5-21(20(24)14-19)28-10-12-31-13-11-28;/h4-5,7,9,14,17-18,22H,3,6,8,10-13,15-16H2,1-2H3,(H,26,27);1H. The molecular formula is C23H34FIN6O. The lowest BCUT2D eigenvalue weighted by atomic mass is 9.93. The molecule has 0 amide bonds. The molecule has 2 aliphatic heterocycles. The first-order valence-corrected chi connectivity index (χ1v) is 11.3. The van der Waals surface area contributed by atoms with Gasteiger partial charge in [0.25, 0.3) is 0 Å². The van der Waals surface area contributed by atoms with E-state index in [0.717, 1.165) is 50.7 Å². The molecule has 0 saturated carbocycles. The normalized spacial score (nSPS) is 21.9. The Morgan fingerprint density at radius 2 is 2.09 bits per heavy atom. The molecule has 1 aromatic heterocycles. The minimum Gasteiger partial charge on any atom is -0.378 e. The highest BCUT2D eigenvalue weighted by Crippen LogP contribution is 2.27. The van der Waals surface area contributed by atoms with Gasteiger partial charge in [-0.1, -0.05) is 13.0 Å². The van der Waals surface area contributed by atoms with Crippen molar-refractivity contribution in [2.45, 2.75) is 32.9 Å². The van der Waals surface area contributed by atoms with Gasteiger partial charge in [-0.15, -0.1) is 24.0 Å². The number of piperidine rings is 1. The number of guanidine groups is 1. The number of halogens is 2. The van der Waals surface area contributed by atoms with Crippen LogP contribution in [-0.4, -0.2) is 66.3 Å². The number of hydrogen-bond acceptors (Lipinski definition) is 4. The molecule has 9 heteroatoms. The SMILES string of the molecule is CCNC(=NCc1ccc(N2CCOCC2)c(F)c1)N1CCC(C)C(n2ccnc2)C1.I. The molecule has 2 saturated heterocycles. The van der Waals surface area contributed by atoms with E-state index in [-0.39, 0.29) is 29.8 Å². The van der Waals surface area contributed by atoms with Gasteiger partial charge in [0.1, 0.15) is 5.82 Å². The van der Waals surface area contributed by atoms with E-state index in [4.69, 9.17) is 9.73 Å². The lowest BCUT2D eigenvalue weighted by Crippen LogP contribution is -2.49. The van der Waals surface area contributed by atoms with E-state index in [0.29, 0.717) is 37.4 Å². The molecule has 2 aromatic rings. The average Bonchev–Trinajstić information content (AvgIpc) is 3.32. The van der Waals surface area contributed by atoms with Gasteiger partial charge in [0, 0.05) is 45.1 Å². The zero-order chi connectivity index (χ0) is 21.6. The second-order valence-electron chi connectivity index (χ2n) is 8.34. The van der Waals surface area contributed by atoms with Crippen LogP contribution >= 0.6 is 24.0 Å². The fourth-order valence-corrected chi connectivity index (χ4v) is 4.40. The van der Waals surface area contributed by atoms with Crippen LogP contribution in [0.1, 0.15) is 31.9 Å². The summed E-state index contributed by atoms with van der Waals surface area (Å²) in [6.45, 7) is 10.2. The summed E-state index contributed by atoms with van der Waals surface area (Å²) in [5.74, 6) is 1.28. The van der Waals surface area contributed by atoms with Crippen molar-refractivity contribution in [3.8, 4) is 0 Å². The highest BCUT2D eigenvalue weighted by Gasteiger charge is 2.29. The Morgan fingerprint density at radius 3 is 2.78 bits per heavy atom. The number of nitrogens with zero attached hydrogens (tertiary/aromatic N) is 5. The van der Waals surface area contributed by atoms with Crippen molar-refractivity contribution in [2.24, 2.45) is 10.9 Å². The third-order valence-electron chi connectivity index (χ3n) is 6.24. The number of hydrogen-bond donors (Lipinski definition) is 1. The number of aliphatic imine (C=N–C) groups is 1. The van der Waals surface area contributed by atoms with Crippen molar-refractivity contribution in [1.82, 2.24) is 19.8 Å². The summed E-state index contributed by atoms with van der Waals surface area (Å²) in [4.78, 5) is 13.4. The summed E-state index contributed by atoms with van der Waals surface area (Å²) in [7, 11) is 0. The second-order valence-corrected chi connectivity index (χ2v) is 8.34. The molecule has 1 aromatic carbocycles. The fourth-order valence-electron chi connectivity index (χ4n) is 4.40. The Labute approximate surface area is 207 Å². The van der Waals surface area contributed by atoms with E-state index in [1.165, 1.54) is 0 Å². The fraction of sp³-hybridized carbons (Fsp3) is 0.565. The van der Waals surface area contributed by atoms with Crippen LogP contribution in [0.25, 0.3) is 0 Å². The van der Waals surface area contributed by atoms with Crippen molar-refractivity contribution >= 4 is 35.6 Å². The topological polar surface area (TPSA) is 57.9 Å². The largest absolute Gasteiger partial charge is 0.378 e. The van der Waals surface area contributed by atoms with Gasteiger partial charge in [-0.25, -0.2) is 14.4 Å². The van der Waals surface area contributed by atoms with Crippen molar-refractivity contribution in [2.75, 3.05) is 50.8 Å². The Balaban J connectivity index is 0.00000289. The van der Waals surface area contributed by atoms with Crippen LogP contribution in [0.15, 0.2) is 41.9 Å². The molecule has 4 rings (SSSR count). The number of likely N-dealkylation sites (tertiary alicyclic amines) is 1. The van der Waals surface area contributed by atoms with Crippen LogP contribution in [-0.2, 0) is 11.3 Å².